The molecule has 0 N–H and O–H groups in total. The van der Waals surface area contributed by atoms with Crippen molar-refractivity contribution >= 4 is 84.1 Å². The normalized spacial score (nSPS) is 12.6. The zero-order chi connectivity index (χ0) is 10.8. The molecular weight excluding hydrogens is 700 g/mol. The van der Waals surface area contributed by atoms with Crippen molar-refractivity contribution in [3.8, 4) is 0 Å². The summed E-state index contributed by atoms with van der Waals surface area (Å²) in [5.74, 6) is 0.275. The van der Waals surface area contributed by atoms with Crippen LogP contribution in [0.1, 0.15) is 10.4 Å². The third-order valence-electron chi connectivity index (χ3n) is 1.46. The first kappa shape index (κ1) is 14.4. The maximum atomic E-state index is 11.8. The molecule has 1 nitrogen and oxygen atoms in total. The molecule has 0 aromatic heterocycles. The van der Waals surface area contributed by atoms with Crippen molar-refractivity contribution in [1.82, 2.24) is 0 Å². The zero-order valence-corrected chi connectivity index (χ0v) is 17.2. The second-order valence-corrected chi connectivity index (χ2v) is 71.4. The molecule has 0 atom stereocenters. The van der Waals surface area contributed by atoms with E-state index in [0.29, 0.717) is 0 Å². The Balaban J connectivity index is 2.76. The Hall–Kier alpha value is 2.35. The molecule has 0 aliphatic carbocycles. The van der Waals surface area contributed by atoms with Crippen molar-refractivity contribution < 1.29 is 4.79 Å². The number of carbonyl (C=O) groups is 1. The van der Waals surface area contributed by atoms with E-state index in [1.807, 2.05) is 24.3 Å². The molecule has 0 bridgehead atoms. The average Bonchev–Trinajstić information content (AvgIpc) is 2.02. The van der Waals surface area contributed by atoms with E-state index < -0.39 is 6.35 Å². The fraction of sp³-hybridized carbons (Fsp3) is 0.125. The Morgan fingerprint density at radius 3 is 2.14 bits per heavy atom. The van der Waals surface area contributed by atoms with Crippen molar-refractivity contribution in [1.29, 1.82) is 0 Å². The van der Waals surface area contributed by atoms with Gasteiger partial charge in [0.05, 0.1) is 0 Å². The first-order chi connectivity index (χ1) is 6.38. The monoisotopic (exact) mass is 708 g/mol. The summed E-state index contributed by atoms with van der Waals surface area (Å²) in [4.78, 5) is 11.8. The van der Waals surface area contributed by atoms with Crippen molar-refractivity contribution in [2.75, 3.05) is 0 Å². The Kier molecular flexibility index (Phi) is 6.51. The second-order valence-electron chi connectivity index (χ2n) is 2.58. The molecule has 0 spiro atoms. The SMILES string of the molecule is O=C(C[Te](I)(I)I)c1ccc(Br)cc1. The molecule has 1 rings (SSSR count). The molecule has 0 saturated heterocycles. The van der Waals surface area contributed by atoms with Gasteiger partial charge < -0.3 is 0 Å². The molecule has 0 radical (unpaired) electrons. The Labute approximate surface area is 125 Å². The van der Waals surface area contributed by atoms with Gasteiger partial charge in [-0.1, -0.05) is 0 Å². The first-order valence-corrected chi connectivity index (χ1v) is 26.4. The van der Waals surface area contributed by atoms with Gasteiger partial charge in [-0.15, -0.1) is 0 Å². The van der Waals surface area contributed by atoms with Gasteiger partial charge in [-0.2, -0.15) is 0 Å². The number of hydrogen-bond donors (Lipinski definition) is 0. The standard InChI is InChI=1S/C8H6BrI3OTe/c9-7-3-1-6(2-4-7)8(13)5-14(10,11)12/h1-4H,5H2. The molecule has 1 aromatic rings. The minimum absolute atomic E-state index is 0.275. The van der Waals surface area contributed by atoms with Gasteiger partial charge in [0.2, 0.25) is 0 Å². The topological polar surface area (TPSA) is 17.1 Å². The number of ketones is 1. The van der Waals surface area contributed by atoms with Gasteiger partial charge in [0, 0.05) is 0 Å². The van der Waals surface area contributed by atoms with Gasteiger partial charge in [-0.25, -0.2) is 0 Å². The van der Waals surface area contributed by atoms with Crippen LogP contribution >= 0.6 is 72.0 Å². The van der Waals surface area contributed by atoms with Gasteiger partial charge in [0.25, 0.3) is 0 Å². The fourth-order valence-electron chi connectivity index (χ4n) is 0.868. The van der Waals surface area contributed by atoms with Gasteiger partial charge in [0.15, 0.2) is 0 Å². The molecule has 0 amide bonds. The Morgan fingerprint density at radius 1 is 1.21 bits per heavy atom. The summed E-state index contributed by atoms with van der Waals surface area (Å²) < 4.78 is 1.76. The summed E-state index contributed by atoms with van der Waals surface area (Å²) >= 11 is 10.7. The number of hydrogen-bond acceptors (Lipinski definition) is 1. The van der Waals surface area contributed by atoms with Crippen molar-refractivity contribution in [3.63, 3.8) is 0 Å². The number of halogens is 4. The van der Waals surface area contributed by atoms with Crippen molar-refractivity contribution in [2.45, 2.75) is 4.47 Å². The molecule has 0 saturated carbocycles. The molecule has 0 unspecified atom stereocenters. The molecule has 0 aliphatic heterocycles. The van der Waals surface area contributed by atoms with E-state index in [1.54, 1.807) is 0 Å². The van der Waals surface area contributed by atoms with E-state index in [0.717, 1.165) is 14.5 Å². The fourth-order valence-corrected chi connectivity index (χ4v) is 8.15. The molecule has 78 valence electrons. The Morgan fingerprint density at radius 2 is 1.71 bits per heavy atom. The van der Waals surface area contributed by atoms with Crippen LogP contribution in [0, 0.1) is 0 Å². The quantitative estimate of drug-likeness (QED) is 0.249. The van der Waals surface area contributed by atoms with Gasteiger partial charge in [0.1, 0.15) is 0 Å². The van der Waals surface area contributed by atoms with E-state index in [9.17, 15) is 4.79 Å². The average molecular weight is 706 g/mol. The molecule has 0 fully saturated rings. The predicted octanol–water partition coefficient (Wildman–Crippen LogP) is 4.88. The van der Waals surface area contributed by atoms with Crippen molar-refractivity contribution in [3.05, 3.63) is 34.3 Å². The molecule has 0 heterocycles. The first-order valence-electron chi connectivity index (χ1n) is 3.57. The molecular formula is C8H6BrI3OTe. The second kappa shape index (κ2) is 6.33. The van der Waals surface area contributed by atoms with Crippen LogP contribution in [0.3, 0.4) is 0 Å². The summed E-state index contributed by atoms with van der Waals surface area (Å²) in [5, 5.41) is 0. The summed E-state index contributed by atoms with van der Waals surface area (Å²) in [6.07, 6.45) is -1.86. The third-order valence-corrected chi connectivity index (χ3v) is 9.94. The number of rotatable bonds is 3. The summed E-state index contributed by atoms with van der Waals surface area (Å²) in [6.45, 7) is 0. The summed E-state index contributed by atoms with van der Waals surface area (Å²) in [5.41, 5.74) is 0.828. The number of Topliss-reactive ketones (excluding diaryl/α,β-unsaturated/α-hetero) is 1. The van der Waals surface area contributed by atoms with Gasteiger partial charge >= 0.3 is 128 Å². The van der Waals surface area contributed by atoms with Crippen LogP contribution in [0.2, 0.25) is 4.47 Å². The number of benzene rings is 1. The van der Waals surface area contributed by atoms with E-state index in [1.165, 1.54) is 0 Å². The predicted molar refractivity (Wildman–Crippen MR) is 91.1 cm³/mol. The van der Waals surface area contributed by atoms with Crippen LogP contribution in [0.15, 0.2) is 28.7 Å². The molecule has 6 heteroatoms. The number of carbonyl (C=O) groups excluding carboxylic acids is 1. The van der Waals surface area contributed by atoms with Crippen LogP contribution in [0.4, 0.5) is 0 Å². The van der Waals surface area contributed by atoms with E-state index in [4.69, 9.17) is 0 Å². The third kappa shape index (κ3) is 5.61. The minimum atomic E-state index is -1.86. The van der Waals surface area contributed by atoms with Gasteiger partial charge in [-0.05, 0) is 0 Å². The van der Waals surface area contributed by atoms with Crippen LogP contribution in [-0.4, -0.2) is 12.1 Å². The van der Waals surface area contributed by atoms with E-state index >= 15 is 0 Å². The van der Waals surface area contributed by atoms with Crippen LogP contribution in [0.25, 0.3) is 0 Å². The van der Waals surface area contributed by atoms with E-state index in [-0.39, 0.29) is 5.78 Å². The van der Waals surface area contributed by atoms with Crippen LogP contribution in [0.5, 0.6) is 0 Å². The maximum absolute atomic E-state index is 11.8. The zero-order valence-electron chi connectivity index (χ0n) is 6.84. The molecule has 1 aromatic carbocycles. The van der Waals surface area contributed by atoms with Gasteiger partial charge in [-0.3, -0.25) is 0 Å². The Bertz CT molecular complexity index is 333. The van der Waals surface area contributed by atoms with Crippen molar-refractivity contribution in [2.24, 2.45) is 0 Å². The molecule has 14 heavy (non-hydrogen) atoms. The van der Waals surface area contributed by atoms with E-state index in [2.05, 4.69) is 72.0 Å². The molecule has 0 aliphatic rings. The van der Waals surface area contributed by atoms with Crippen LogP contribution in [-0.2, 0) is 0 Å². The summed E-state index contributed by atoms with van der Waals surface area (Å²) in [6, 6.07) is 7.58. The summed E-state index contributed by atoms with van der Waals surface area (Å²) in [7, 11) is 0. The van der Waals surface area contributed by atoms with Crippen LogP contribution < -0.4 is 0 Å².